The molecule has 0 aliphatic carbocycles. The van der Waals surface area contributed by atoms with E-state index in [9.17, 15) is 0 Å². The summed E-state index contributed by atoms with van der Waals surface area (Å²) in [6.45, 7) is 2.21. The highest BCUT2D eigenvalue weighted by atomic mass is 32.2. The largest absolute Gasteiger partial charge is 0.149 e. The van der Waals surface area contributed by atoms with Gasteiger partial charge in [0.25, 0.3) is 0 Å². The monoisotopic (exact) mass is 156 g/mol. The van der Waals surface area contributed by atoms with E-state index in [4.69, 9.17) is 6.42 Å². The van der Waals surface area contributed by atoms with Crippen LogP contribution in [-0.2, 0) is 0 Å². The average Bonchev–Trinajstić information content (AvgIpc) is 1.99. The van der Waals surface area contributed by atoms with E-state index in [0.717, 1.165) is 0 Å². The molecule has 0 saturated heterocycles. The van der Waals surface area contributed by atoms with Crippen LogP contribution in [0.4, 0.5) is 0 Å². The molecular formula is C9H16S. The Morgan fingerprint density at radius 1 is 1.50 bits per heavy atom. The van der Waals surface area contributed by atoms with Crippen molar-refractivity contribution in [1.29, 1.82) is 0 Å². The van der Waals surface area contributed by atoms with Gasteiger partial charge in [0.05, 0.1) is 5.25 Å². The van der Waals surface area contributed by atoms with Gasteiger partial charge in [0.1, 0.15) is 0 Å². The molecule has 10 heavy (non-hydrogen) atoms. The SMILES string of the molecule is C#CC(CCCCC)SC. The van der Waals surface area contributed by atoms with Crippen LogP contribution in [0, 0.1) is 12.3 Å². The third-order valence-electron chi connectivity index (χ3n) is 1.54. The van der Waals surface area contributed by atoms with Crippen molar-refractivity contribution in [3.63, 3.8) is 0 Å². The number of thioether (sulfide) groups is 1. The molecule has 0 aromatic rings. The van der Waals surface area contributed by atoms with Crippen LogP contribution >= 0.6 is 11.8 Å². The first-order valence-corrected chi connectivity index (χ1v) is 5.12. The van der Waals surface area contributed by atoms with E-state index in [2.05, 4.69) is 19.1 Å². The van der Waals surface area contributed by atoms with Gasteiger partial charge < -0.3 is 0 Å². The highest BCUT2D eigenvalue weighted by Crippen LogP contribution is 2.13. The zero-order valence-corrected chi connectivity index (χ0v) is 7.71. The topological polar surface area (TPSA) is 0 Å². The van der Waals surface area contributed by atoms with Crippen molar-refractivity contribution < 1.29 is 0 Å². The predicted octanol–water partition coefficient (Wildman–Crippen LogP) is 2.93. The second-order valence-electron chi connectivity index (χ2n) is 2.39. The van der Waals surface area contributed by atoms with Gasteiger partial charge in [-0.05, 0) is 12.7 Å². The molecule has 0 spiro atoms. The molecule has 0 fully saturated rings. The summed E-state index contributed by atoms with van der Waals surface area (Å²) in [5.41, 5.74) is 0. The van der Waals surface area contributed by atoms with E-state index in [1.165, 1.54) is 25.7 Å². The van der Waals surface area contributed by atoms with Crippen molar-refractivity contribution in [2.24, 2.45) is 0 Å². The molecule has 0 rings (SSSR count). The minimum atomic E-state index is 0.451. The smallest absolute Gasteiger partial charge is 0.0651 e. The number of hydrogen-bond acceptors (Lipinski definition) is 1. The molecule has 58 valence electrons. The van der Waals surface area contributed by atoms with E-state index in [1.54, 1.807) is 11.8 Å². The first-order valence-electron chi connectivity index (χ1n) is 3.84. The lowest BCUT2D eigenvalue weighted by molar-refractivity contribution is 0.686. The summed E-state index contributed by atoms with van der Waals surface area (Å²) >= 11 is 1.78. The Bertz CT molecular complexity index is 102. The second-order valence-corrected chi connectivity index (χ2v) is 3.43. The van der Waals surface area contributed by atoms with Gasteiger partial charge in [-0.2, -0.15) is 0 Å². The van der Waals surface area contributed by atoms with Gasteiger partial charge in [0.15, 0.2) is 0 Å². The summed E-state index contributed by atoms with van der Waals surface area (Å²) in [5, 5.41) is 0.451. The molecule has 0 bridgehead atoms. The van der Waals surface area contributed by atoms with Crippen LogP contribution in [0.1, 0.15) is 32.6 Å². The van der Waals surface area contributed by atoms with E-state index < -0.39 is 0 Å². The Labute approximate surface area is 68.8 Å². The molecule has 0 aliphatic rings. The van der Waals surface area contributed by atoms with E-state index in [1.807, 2.05) is 0 Å². The Hall–Kier alpha value is -0.0900. The van der Waals surface area contributed by atoms with Crippen LogP contribution in [0.2, 0.25) is 0 Å². The van der Waals surface area contributed by atoms with Crippen LogP contribution in [0.5, 0.6) is 0 Å². The normalized spacial score (nSPS) is 12.5. The summed E-state index contributed by atoms with van der Waals surface area (Å²) in [7, 11) is 0. The Morgan fingerprint density at radius 2 is 2.20 bits per heavy atom. The number of hydrogen-bond donors (Lipinski definition) is 0. The van der Waals surface area contributed by atoms with E-state index >= 15 is 0 Å². The van der Waals surface area contributed by atoms with Crippen molar-refractivity contribution in [1.82, 2.24) is 0 Å². The molecular weight excluding hydrogens is 140 g/mol. The summed E-state index contributed by atoms with van der Waals surface area (Å²) in [5.74, 6) is 2.77. The molecule has 0 radical (unpaired) electrons. The van der Waals surface area contributed by atoms with Crippen molar-refractivity contribution >= 4 is 11.8 Å². The highest BCUT2D eigenvalue weighted by Gasteiger charge is 1.99. The van der Waals surface area contributed by atoms with Gasteiger partial charge in [-0.1, -0.05) is 32.1 Å². The molecule has 0 heterocycles. The van der Waals surface area contributed by atoms with Crippen LogP contribution in [0.25, 0.3) is 0 Å². The van der Waals surface area contributed by atoms with E-state index in [-0.39, 0.29) is 0 Å². The lowest BCUT2D eigenvalue weighted by Crippen LogP contribution is -1.96. The molecule has 0 aromatic heterocycles. The standard InChI is InChI=1S/C9H16S/c1-4-6-7-8-9(5-2)10-3/h2,9H,4,6-8H2,1,3H3. The molecule has 0 amide bonds. The lowest BCUT2D eigenvalue weighted by Gasteiger charge is -2.04. The van der Waals surface area contributed by atoms with Gasteiger partial charge >= 0.3 is 0 Å². The van der Waals surface area contributed by atoms with Crippen molar-refractivity contribution in [3.8, 4) is 12.3 Å². The molecule has 1 unspecified atom stereocenters. The van der Waals surface area contributed by atoms with Gasteiger partial charge in [-0.25, -0.2) is 0 Å². The maximum Gasteiger partial charge on any atom is 0.0651 e. The molecule has 1 heteroatoms. The van der Waals surface area contributed by atoms with Crippen LogP contribution < -0.4 is 0 Å². The molecule has 0 aromatic carbocycles. The summed E-state index contributed by atoms with van der Waals surface area (Å²) in [4.78, 5) is 0. The van der Waals surface area contributed by atoms with Crippen molar-refractivity contribution in [3.05, 3.63) is 0 Å². The maximum atomic E-state index is 5.29. The number of unbranched alkanes of at least 4 members (excludes halogenated alkanes) is 2. The van der Waals surface area contributed by atoms with Gasteiger partial charge in [0, 0.05) is 0 Å². The van der Waals surface area contributed by atoms with Crippen molar-refractivity contribution in [2.45, 2.75) is 37.9 Å². The first kappa shape index (κ1) is 9.91. The van der Waals surface area contributed by atoms with Crippen LogP contribution in [-0.4, -0.2) is 11.5 Å². The number of terminal acetylenes is 1. The molecule has 0 N–H and O–H groups in total. The van der Waals surface area contributed by atoms with Crippen molar-refractivity contribution in [2.75, 3.05) is 6.26 Å². The fraction of sp³-hybridized carbons (Fsp3) is 0.778. The summed E-state index contributed by atoms with van der Waals surface area (Å²) in [6, 6.07) is 0. The molecule has 0 nitrogen and oxygen atoms in total. The Balaban J connectivity index is 3.20. The maximum absolute atomic E-state index is 5.29. The predicted molar refractivity (Wildman–Crippen MR) is 50.3 cm³/mol. The lowest BCUT2D eigenvalue weighted by atomic mass is 10.1. The highest BCUT2D eigenvalue weighted by molar-refractivity contribution is 7.99. The second kappa shape index (κ2) is 7.02. The van der Waals surface area contributed by atoms with Gasteiger partial charge in [0.2, 0.25) is 0 Å². The Kier molecular flexibility index (Phi) is 6.96. The minimum Gasteiger partial charge on any atom is -0.149 e. The first-order chi connectivity index (χ1) is 4.85. The summed E-state index contributed by atoms with van der Waals surface area (Å²) < 4.78 is 0. The van der Waals surface area contributed by atoms with Crippen LogP contribution in [0.3, 0.4) is 0 Å². The van der Waals surface area contributed by atoms with E-state index in [0.29, 0.717) is 5.25 Å². The van der Waals surface area contributed by atoms with Crippen LogP contribution in [0.15, 0.2) is 0 Å². The third kappa shape index (κ3) is 4.76. The zero-order chi connectivity index (χ0) is 7.82. The fourth-order valence-corrected chi connectivity index (χ4v) is 1.39. The fourth-order valence-electron chi connectivity index (χ4n) is 0.849. The molecule has 1 atom stereocenters. The Morgan fingerprint density at radius 3 is 2.60 bits per heavy atom. The van der Waals surface area contributed by atoms with Gasteiger partial charge in [-0.15, -0.1) is 18.2 Å². The third-order valence-corrected chi connectivity index (χ3v) is 2.48. The average molecular weight is 156 g/mol. The zero-order valence-electron chi connectivity index (χ0n) is 6.89. The number of rotatable bonds is 5. The molecule has 0 saturated carbocycles. The van der Waals surface area contributed by atoms with Gasteiger partial charge in [-0.3, -0.25) is 0 Å². The minimum absolute atomic E-state index is 0.451. The summed E-state index contributed by atoms with van der Waals surface area (Å²) in [6.07, 6.45) is 12.4. The quantitative estimate of drug-likeness (QED) is 0.435. The molecule has 0 aliphatic heterocycles.